The Kier molecular flexibility index (Phi) is 6.03. The fraction of sp³-hybridized carbons (Fsp3) is 0.118. The van der Waals surface area contributed by atoms with E-state index in [1.807, 2.05) is 18.2 Å². The summed E-state index contributed by atoms with van der Waals surface area (Å²) in [5.74, 6) is 0.932. The molecular formula is C17H13Cl2N3O3S. The molecule has 6 nitrogen and oxygen atoms in total. The van der Waals surface area contributed by atoms with E-state index < -0.39 is 0 Å². The molecule has 3 rings (SSSR count). The summed E-state index contributed by atoms with van der Waals surface area (Å²) < 4.78 is 10.7. The van der Waals surface area contributed by atoms with Crippen LogP contribution in [0.5, 0.6) is 5.75 Å². The number of carbonyl (C=O) groups is 1. The minimum absolute atomic E-state index is 0.111. The molecule has 1 heterocycles. The number of aromatic nitrogens is 2. The van der Waals surface area contributed by atoms with Gasteiger partial charge in [0.2, 0.25) is 11.8 Å². The SMILES string of the molecule is COc1cccc(-c2nnc(SCC(=O)Nc3ccc(Cl)c(Cl)c3)o2)c1. The van der Waals surface area contributed by atoms with E-state index >= 15 is 0 Å². The number of carbonyl (C=O) groups excluding carboxylic acids is 1. The van der Waals surface area contributed by atoms with Crippen molar-refractivity contribution in [1.82, 2.24) is 10.2 Å². The maximum Gasteiger partial charge on any atom is 0.277 e. The van der Waals surface area contributed by atoms with Crippen molar-refractivity contribution in [2.45, 2.75) is 5.22 Å². The molecule has 9 heteroatoms. The van der Waals surface area contributed by atoms with E-state index in [-0.39, 0.29) is 11.7 Å². The monoisotopic (exact) mass is 409 g/mol. The van der Waals surface area contributed by atoms with Crippen LogP contribution in [-0.2, 0) is 4.79 Å². The Morgan fingerprint density at radius 3 is 2.81 bits per heavy atom. The summed E-state index contributed by atoms with van der Waals surface area (Å²) in [6, 6.07) is 12.1. The Balaban J connectivity index is 1.58. The number of hydrogen-bond acceptors (Lipinski definition) is 6. The number of nitrogens with zero attached hydrogens (tertiary/aromatic N) is 2. The van der Waals surface area contributed by atoms with E-state index in [1.54, 1.807) is 31.4 Å². The van der Waals surface area contributed by atoms with Gasteiger partial charge in [0.15, 0.2) is 0 Å². The van der Waals surface area contributed by atoms with Crippen molar-refractivity contribution in [1.29, 1.82) is 0 Å². The minimum Gasteiger partial charge on any atom is -0.497 e. The van der Waals surface area contributed by atoms with Crippen molar-refractivity contribution < 1.29 is 13.9 Å². The minimum atomic E-state index is -0.227. The van der Waals surface area contributed by atoms with Crippen LogP contribution in [0.1, 0.15) is 0 Å². The molecule has 0 saturated heterocycles. The van der Waals surface area contributed by atoms with Crippen LogP contribution in [0.25, 0.3) is 11.5 Å². The molecule has 0 bridgehead atoms. The van der Waals surface area contributed by atoms with E-state index in [0.29, 0.717) is 32.6 Å². The number of nitrogens with one attached hydrogen (secondary N) is 1. The summed E-state index contributed by atoms with van der Waals surface area (Å²) in [7, 11) is 1.58. The number of ether oxygens (including phenoxy) is 1. The van der Waals surface area contributed by atoms with Gasteiger partial charge in [-0.3, -0.25) is 4.79 Å². The highest BCUT2D eigenvalue weighted by Gasteiger charge is 2.12. The maximum atomic E-state index is 12.0. The normalized spacial score (nSPS) is 10.6. The summed E-state index contributed by atoms with van der Waals surface area (Å²) >= 11 is 12.9. The number of thioether (sulfide) groups is 1. The van der Waals surface area contributed by atoms with Crippen LogP contribution in [0.15, 0.2) is 52.1 Å². The molecule has 0 aliphatic carbocycles. The predicted octanol–water partition coefficient (Wildman–Crippen LogP) is 4.78. The highest BCUT2D eigenvalue weighted by Crippen LogP contribution is 2.27. The number of halogens is 2. The van der Waals surface area contributed by atoms with Gasteiger partial charge in [-0.1, -0.05) is 41.0 Å². The largest absolute Gasteiger partial charge is 0.497 e. The first-order valence-electron chi connectivity index (χ1n) is 7.41. The fourth-order valence-electron chi connectivity index (χ4n) is 2.04. The molecule has 0 aliphatic rings. The van der Waals surface area contributed by atoms with Crippen molar-refractivity contribution in [2.75, 3.05) is 18.2 Å². The van der Waals surface area contributed by atoms with E-state index in [9.17, 15) is 4.79 Å². The van der Waals surface area contributed by atoms with Gasteiger partial charge in [0, 0.05) is 11.3 Å². The molecule has 0 spiro atoms. The highest BCUT2D eigenvalue weighted by molar-refractivity contribution is 7.99. The topological polar surface area (TPSA) is 77.2 Å². The second-order valence-corrected chi connectivity index (χ2v) is 6.81. The molecular weight excluding hydrogens is 397 g/mol. The first-order chi connectivity index (χ1) is 12.5. The van der Waals surface area contributed by atoms with Crippen LogP contribution < -0.4 is 10.1 Å². The van der Waals surface area contributed by atoms with Gasteiger partial charge in [0.05, 0.1) is 22.9 Å². The molecule has 0 aliphatic heterocycles. The van der Waals surface area contributed by atoms with Crippen LogP contribution in [0.3, 0.4) is 0 Å². The van der Waals surface area contributed by atoms with Gasteiger partial charge in [-0.25, -0.2) is 0 Å². The fourth-order valence-corrected chi connectivity index (χ4v) is 2.90. The predicted molar refractivity (Wildman–Crippen MR) is 102 cm³/mol. The van der Waals surface area contributed by atoms with E-state index in [1.165, 1.54) is 0 Å². The van der Waals surface area contributed by atoms with Crippen LogP contribution in [-0.4, -0.2) is 29.0 Å². The van der Waals surface area contributed by atoms with Gasteiger partial charge in [-0.05, 0) is 36.4 Å². The summed E-state index contributed by atoms with van der Waals surface area (Å²) in [4.78, 5) is 12.0. The average Bonchev–Trinajstić information content (AvgIpc) is 3.12. The highest BCUT2D eigenvalue weighted by atomic mass is 35.5. The third kappa shape index (κ3) is 4.69. The van der Waals surface area contributed by atoms with Crippen molar-refractivity contribution in [2.24, 2.45) is 0 Å². The third-order valence-corrected chi connectivity index (χ3v) is 4.81. The van der Waals surface area contributed by atoms with E-state index in [4.69, 9.17) is 32.4 Å². The molecule has 0 atom stereocenters. The Labute approximate surface area is 163 Å². The number of benzene rings is 2. The standard InChI is InChI=1S/C17H13Cl2N3O3S/c1-24-12-4-2-3-10(7-12)16-21-22-17(25-16)26-9-15(23)20-11-5-6-13(18)14(19)8-11/h2-8H,9H2,1H3,(H,20,23). The second kappa shape index (κ2) is 8.44. The molecule has 0 unspecified atom stereocenters. The molecule has 0 saturated carbocycles. The van der Waals surface area contributed by atoms with Crippen LogP contribution in [0, 0.1) is 0 Å². The quantitative estimate of drug-likeness (QED) is 0.590. The van der Waals surface area contributed by atoms with Gasteiger partial charge in [0.25, 0.3) is 5.22 Å². The zero-order valence-electron chi connectivity index (χ0n) is 13.5. The van der Waals surface area contributed by atoms with Crippen molar-refractivity contribution >= 4 is 46.6 Å². The number of methoxy groups -OCH3 is 1. The average molecular weight is 410 g/mol. The Bertz CT molecular complexity index is 933. The molecule has 3 aromatic rings. The molecule has 1 aromatic heterocycles. The smallest absolute Gasteiger partial charge is 0.277 e. The number of amides is 1. The van der Waals surface area contributed by atoms with Gasteiger partial charge >= 0.3 is 0 Å². The zero-order chi connectivity index (χ0) is 18.5. The first kappa shape index (κ1) is 18.6. The van der Waals surface area contributed by atoms with Crippen LogP contribution in [0.2, 0.25) is 10.0 Å². The maximum absolute atomic E-state index is 12.0. The van der Waals surface area contributed by atoms with Crippen molar-refractivity contribution in [3.05, 3.63) is 52.5 Å². The summed E-state index contributed by atoms with van der Waals surface area (Å²) in [5.41, 5.74) is 1.30. The van der Waals surface area contributed by atoms with Crippen LogP contribution >= 0.6 is 35.0 Å². The second-order valence-electron chi connectivity index (χ2n) is 5.07. The Hall–Kier alpha value is -2.22. The molecule has 0 fully saturated rings. The molecule has 1 amide bonds. The number of anilines is 1. The van der Waals surface area contributed by atoms with Gasteiger partial charge in [-0.15, -0.1) is 10.2 Å². The van der Waals surface area contributed by atoms with Crippen LogP contribution in [0.4, 0.5) is 5.69 Å². The Morgan fingerprint density at radius 1 is 1.19 bits per heavy atom. The number of hydrogen-bond donors (Lipinski definition) is 1. The molecule has 2 aromatic carbocycles. The van der Waals surface area contributed by atoms with Crippen molar-refractivity contribution in [3.8, 4) is 17.2 Å². The molecule has 0 radical (unpaired) electrons. The lowest BCUT2D eigenvalue weighted by atomic mass is 10.2. The lowest BCUT2D eigenvalue weighted by Crippen LogP contribution is -2.13. The van der Waals surface area contributed by atoms with Gasteiger partial charge < -0.3 is 14.5 Å². The summed E-state index contributed by atoms with van der Waals surface area (Å²) in [5, 5.41) is 11.7. The molecule has 134 valence electrons. The van der Waals surface area contributed by atoms with Gasteiger partial charge in [-0.2, -0.15) is 0 Å². The molecule has 1 N–H and O–H groups in total. The third-order valence-electron chi connectivity index (χ3n) is 3.25. The van der Waals surface area contributed by atoms with Crippen molar-refractivity contribution in [3.63, 3.8) is 0 Å². The summed E-state index contributed by atoms with van der Waals surface area (Å²) in [6.07, 6.45) is 0. The summed E-state index contributed by atoms with van der Waals surface area (Å²) in [6.45, 7) is 0. The van der Waals surface area contributed by atoms with E-state index in [2.05, 4.69) is 15.5 Å². The Morgan fingerprint density at radius 2 is 2.04 bits per heavy atom. The first-order valence-corrected chi connectivity index (χ1v) is 9.15. The number of rotatable bonds is 6. The van der Waals surface area contributed by atoms with E-state index in [0.717, 1.165) is 17.3 Å². The lowest BCUT2D eigenvalue weighted by molar-refractivity contribution is -0.113. The lowest BCUT2D eigenvalue weighted by Gasteiger charge is -2.05. The molecule has 26 heavy (non-hydrogen) atoms. The zero-order valence-corrected chi connectivity index (χ0v) is 15.9. The van der Waals surface area contributed by atoms with Gasteiger partial charge in [0.1, 0.15) is 5.75 Å².